The summed E-state index contributed by atoms with van der Waals surface area (Å²) in [6, 6.07) is 21.6. The zero-order chi connectivity index (χ0) is 19.3. The van der Waals surface area contributed by atoms with Crippen molar-refractivity contribution >= 4 is 26.5 Å². The molecule has 0 spiro atoms. The van der Waals surface area contributed by atoms with Gasteiger partial charge >= 0.3 is 0 Å². The molecule has 0 saturated carbocycles. The predicted octanol–water partition coefficient (Wildman–Crippen LogP) is 5.23. The number of benzene rings is 3. The minimum atomic E-state index is -3.42. The van der Waals surface area contributed by atoms with E-state index in [4.69, 9.17) is 0 Å². The molecule has 0 aliphatic rings. The van der Waals surface area contributed by atoms with Gasteiger partial charge in [0.15, 0.2) is 10.0 Å². The molecule has 1 N–H and O–H groups in total. The van der Waals surface area contributed by atoms with E-state index in [1.54, 1.807) is 6.07 Å². The van der Waals surface area contributed by atoms with Crippen LogP contribution in [0.15, 0.2) is 76.0 Å². The van der Waals surface area contributed by atoms with Crippen LogP contribution in [0, 0.1) is 0 Å². The van der Waals surface area contributed by atoms with Gasteiger partial charge in [-0.2, -0.15) is 0 Å². The third-order valence-electron chi connectivity index (χ3n) is 4.61. The zero-order valence-electron chi connectivity index (χ0n) is 15.8. The van der Waals surface area contributed by atoms with Gasteiger partial charge in [-0.15, -0.1) is 0 Å². The SMILES string of the molecule is CN(C)c1cccc2c(S(=O)(O)=NCCCCc3ccccc3)cccc12. The van der Waals surface area contributed by atoms with Crippen molar-refractivity contribution in [3.63, 3.8) is 0 Å². The molecular weight excluding hydrogens is 356 g/mol. The van der Waals surface area contributed by atoms with E-state index in [2.05, 4.69) is 16.5 Å². The molecule has 1 atom stereocenters. The Kier molecular flexibility index (Phi) is 6.14. The first kappa shape index (κ1) is 19.4. The molecule has 142 valence electrons. The van der Waals surface area contributed by atoms with E-state index in [0.717, 1.165) is 35.7 Å². The Morgan fingerprint density at radius 2 is 1.59 bits per heavy atom. The summed E-state index contributed by atoms with van der Waals surface area (Å²) in [5.41, 5.74) is 2.31. The normalized spacial score (nSPS) is 13.3. The van der Waals surface area contributed by atoms with Gasteiger partial charge in [0, 0.05) is 30.6 Å². The van der Waals surface area contributed by atoms with Crippen LogP contribution in [0.3, 0.4) is 0 Å². The number of fused-ring (bicyclic) bond motifs is 1. The molecule has 0 aromatic heterocycles. The maximum absolute atomic E-state index is 12.9. The smallest absolute Gasteiger partial charge is 0.191 e. The second kappa shape index (κ2) is 8.55. The van der Waals surface area contributed by atoms with Gasteiger partial charge in [-0.1, -0.05) is 54.6 Å². The summed E-state index contributed by atoms with van der Waals surface area (Å²) in [6.07, 6.45) is 2.70. The minimum Gasteiger partial charge on any atom is -0.377 e. The first-order chi connectivity index (χ1) is 13.0. The van der Waals surface area contributed by atoms with Gasteiger partial charge in [0.05, 0.1) is 11.4 Å². The molecular formula is C22H26N2O2S. The molecule has 0 amide bonds. The summed E-state index contributed by atoms with van der Waals surface area (Å²) < 4.78 is 27.6. The predicted molar refractivity (Wildman–Crippen MR) is 114 cm³/mol. The summed E-state index contributed by atoms with van der Waals surface area (Å²) in [5.74, 6) is 0. The van der Waals surface area contributed by atoms with Gasteiger partial charge in [-0.3, -0.25) is 4.55 Å². The number of hydrogen-bond donors (Lipinski definition) is 1. The van der Waals surface area contributed by atoms with Crippen molar-refractivity contribution in [1.29, 1.82) is 0 Å². The van der Waals surface area contributed by atoms with Crippen LogP contribution in [0.1, 0.15) is 18.4 Å². The Labute approximate surface area is 161 Å². The van der Waals surface area contributed by atoms with Crippen LogP contribution in [0.5, 0.6) is 0 Å². The molecule has 0 aliphatic heterocycles. The van der Waals surface area contributed by atoms with Gasteiger partial charge < -0.3 is 4.90 Å². The molecule has 0 heterocycles. The van der Waals surface area contributed by atoms with Gasteiger partial charge in [-0.05, 0) is 37.0 Å². The largest absolute Gasteiger partial charge is 0.377 e. The van der Waals surface area contributed by atoms with E-state index < -0.39 is 10.0 Å². The standard InChI is InChI=1S/C22H26N2O2S/c1-24(2)21-15-8-14-20-19(21)13-9-16-22(20)27(25,26)23-17-7-6-12-18-10-4-3-5-11-18/h3-5,8-11,13-16H,6-7,12,17H2,1-2H3,(H,23,25,26). The Hall–Kier alpha value is -2.37. The number of anilines is 1. The summed E-state index contributed by atoms with van der Waals surface area (Å²) in [4.78, 5) is 2.40. The molecule has 4 nitrogen and oxygen atoms in total. The highest BCUT2D eigenvalue weighted by molar-refractivity contribution is 7.88. The van der Waals surface area contributed by atoms with Gasteiger partial charge in [-0.25, -0.2) is 8.57 Å². The highest BCUT2D eigenvalue weighted by Gasteiger charge is 2.14. The average molecular weight is 383 g/mol. The molecule has 27 heavy (non-hydrogen) atoms. The third kappa shape index (κ3) is 4.67. The monoisotopic (exact) mass is 382 g/mol. The van der Waals surface area contributed by atoms with Crippen LogP contribution in [0.2, 0.25) is 0 Å². The lowest BCUT2D eigenvalue weighted by Crippen LogP contribution is -2.09. The van der Waals surface area contributed by atoms with Gasteiger partial charge in [0.1, 0.15) is 0 Å². The van der Waals surface area contributed by atoms with E-state index in [-0.39, 0.29) is 0 Å². The minimum absolute atomic E-state index is 0.381. The molecule has 5 heteroatoms. The number of hydrogen-bond acceptors (Lipinski definition) is 3. The van der Waals surface area contributed by atoms with Gasteiger partial charge in [0.2, 0.25) is 0 Å². The van der Waals surface area contributed by atoms with Crippen molar-refractivity contribution < 1.29 is 8.76 Å². The number of rotatable bonds is 7. The van der Waals surface area contributed by atoms with Crippen molar-refractivity contribution in [2.45, 2.75) is 24.2 Å². The molecule has 1 unspecified atom stereocenters. The van der Waals surface area contributed by atoms with Crippen molar-refractivity contribution in [3.05, 3.63) is 72.3 Å². The topological polar surface area (TPSA) is 52.9 Å². The van der Waals surface area contributed by atoms with E-state index in [9.17, 15) is 8.76 Å². The fourth-order valence-electron chi connectivity index (χ4n) is 3.23. The fourth-order valence-corrected chi connectivity index (χ4v) is 4.47. The molecule has 0 fully saturated rings. The zero-order valence-corrected chi connectivity index (χ0v) is 16.7. The average Bonchev–Trinajstić information content (AvgIpc) is 2.67. The van der Waals surface area contributed by atoms with Crippen LogP contribution >= 0.6 is 0 Å². The van der Waals surface area contributed by atoms with E-state index >= 15 is 0 Å². The van der Waals surface area contributed by atoms with Gasteiger partial charge in [0.25, 0.3) is 0 Å². The van der Waals surface area contributed by atoms with Crippen molar-refractivity contribution in [2.75, 3.05) is 25.5 Å². The summed E-state index contributed by atoms with van der Waals surface area (Å²) in [5, 5.41) is 1.74. The van der Waals surface area contributed by atoms with Crippen LogP contribution in [0.25, 0.3) is 10.8 Å². The van der Waals surface area contributed by atoms with E-state index in [0.29, 0.717) is 11.4 Å². The van der Waals surface area contributed by atoms with Crippen LogP contribution in [0.4, 0.5) is 5.69 Å². The quantitative estimate of drug-likeness (QED) is 0.569. The molecule has 0 radical (unpaired) electrons. The Bertz CT molecular complexity index is 1020. The van der Waals surface area contributed by atoms with E-state index in [1.807, 2.05) is 67.5 Å². The molecule has 3 aromatic rings. The van der Waals surface area contributed by atoms with Crippen LogP contribution in [-0.2, 0) is 16.4 Å². The first-order valence-electron chi connectivity index (χ1n) is 9.17. The fraction of sp³-hybridized carbons (Fsp3) is 0.273. The maximum Gasteiger partial charge on any atom is 0.191 e. The second-order valence-corrected chi connectivity index (χ2v) is 8.51. The molecule has 0 aliphatic carbocycles. The third-order valence-corrected chi connectivity index (χ3v) is 6.07. The Balaban J connectivity index is 1.77. The highest BCUT2D eigenvalue weighted by atomic mass is 32.2. The van der Waals surface area contributed by atoms with Crippen molar-refractivity contribution in [3.8, 4) is 0 Å². The van der Waals surface area contributed by atoms with Crippen molar-refractivity contribution in [1.82, 2.24) is 0 Å². The second-order valence-electron chi connectivity index (χ2n) is 6.81. The molecule has 0 saturated heterocycles. The Morgan fingerprint density at radius 3 is 2.33 bits per heavy atom. The molecule has 3 aromatic carbocycles. The maximum atomic E-state index is 12.9. The lowest BCUT2D eigenvalue weighted by Gasteiger charge is -2.16. The summed E-state index contributed by atoms with van der Waals surface area (Å²) in [6.45, 7) is 0.381. The number of aryl methyl sites for hydroxylation is 1. The first-order valence-corrected chi connectivity index (χ1v) is 10.6. The lowest BCUT2D eigenvalue weighted by molar-refractivity contribution is 0.548. The van der Waals surface area contributed by atoms with Crippen molar-refractivity contribution in [2.24, 2.45) is 4.36 Å². The summed E-state index contributed by atoms with van der Waals surface area (Å²) in [7, 11) is 0.516. The van der Waals surface area contributed by atoms with Crippen LogP contribution in [-0.4, -0.2) is 29.4 Å². The molecule has 3 rings (SSSR count). The van der Waals surface area contributed by atoms with E-state index in [1.165, 1.54) is 5.56 Å². The molecule has 0 bridgehead atoms. The highest BCUT2D eigenvalue weighted by Crippen LogP contribution is 2.30. The van der Waals surface area contributed by atoms with Crippen LogP contribution < -0.4 is 4.90 Å². The number of unbranched alkanes of at least 4 members (excludes halogenated alkanes) is 1. The summed E-state index contributed by atoms with van der Waals surface area (Å²) >= 11 is 0. The lowest BCUT2D eigenvalue weighted by atomic mass is 10.1. The Morgan fingerprint density at radius 1 is 0.889 bits per heavy atom. The number of nitrogens with zero attached hydrogens (tertiary/aromatic N) is 2.